The first-order valence-corrected chi connectivity index (χ1v) is 6.50. The third-order valence-corrected chi connectivity index (χ3v) is 3.46. The number of aromatic nitrogens is 1. The molecule has 0 bridgehead atoms. The highest BCUT2D eigenvalue weighted by Crippen LogP contribution is 2.23. The molecule has 92 valence electrons. The number of likely N-dealkylation sites (tertiary alicyclic amines) is 1. The minimum atomic E-state index is 0.0561. The predicted octanol–water partition coefficient (Wildman–Crippen LogP) is 2.48. The van der Waals surface area contributed by atoms with Crippen molar-refractivity contribution in [2.75, 3.05) is 20.2 Å². The molecule has 1 fully saturated rings. The van der Waals surface area contributed by atoms with E-state index in [0.29, 0.717) is 15.9 Å². The number of carbonyl (C=O) groups excluding carboxylic acids is 1. The van der Waals surface area contributed by atoms with E-state index in [0.717, 1.165) is 25.9 Å². The van der Waals surface area contributed by atoms with E-state index in [2.05, 4.69) is 20.9 Å². The van der Waals surface area contributed by atoms with Gasteiger partial charge in [-0.05, 0) is 41.3 Å². The molecule has 1 aliphatic rings. The van der Waals surface area contributed by atoms with Crippen molar-refractivity contribution in [3.8, 4) is 5.88 Å². The second-order valence-electron chi connectivity index (χ2n) is 4.07. The topological polar surface area (TPSA) is 42.4 Å². The highest BCUT2D eigenvalue weighted by atomic mass is 79.9. The van der Waals surface area contributed by atoms with Crippen LogP contribution in [0.1, 0.15) is 29.6 Å². The van der Waals surface area contributed by atoms with Gasteiger partial charge in [-0.25, -0.2) is 4.98 Å². The average molecular weight is 299 g/mol. The summed E-state index contributed by atoms with van der Waals surface area (Å²) in [7, 11) is 1.55. The molecule has 17 heavy (non-hydrogen) atoms. The summed E-state index contributed by atoms with van der Waals surface area (Å²) in [5, 5.41) is 0. The van der Waals surface area contributed by atoms with Gasteiger partial charge >= 0.3 is 0 Å². The molecule has 0 aliphatic carbocycles. The quantitative estimate of drug-likeness (QED) is 0.842. The fraction of sp³-hybridized carbons (Fsp3) is 0.500. The fourth-order valence-corrected chi connectivity index (χ4v) is 2.48. The molecule has 2 heterocycles. The van der Waals surface area contributed by atoms with Gasteiger partial charge in [0.2, 0.25) is 5.88 Å². The van der Waals surface area contributed by atoms with E-state index >= 15 is 0 Å². The highest BCUT2D eigenvalue weighted by Gasteiger charge is 2.19. The molecule has 1 saturated heterocycles. The number of amides is 1. The van der Waals surface area contributed by atoms with Gasteiger partial charge in [0.1, 0.15) is 0 Å². The molecule has 0 aromatic carbocycles. The standard InChI is InChI=1S/C12H15BrN2O2/c1-17-11-10(13)7-9(8-14-11)12(16)15-5-3-2-4-6-15/h7-8H,2-6H2,1H3. The number of hydrogen-bond acceptors (Lipinski definition) is 3. The number of halogens is 1. The second-order valence-corrected chi connectivity index (χ2v) is 4.92. The van der Waals surface area contributed by atoms with Crippen molar-refractivity contribution in [1.82, 2.24) is 9.88 Å². The molecule has 0 spiro atoms. The first-order valence-electron chi connectivity index (χ1n) is 5.71. The SMILES string of the molecule is COc1ncc(C(=O)N2CCCCC2)cc1Br. The largest absolute Gasteiger partial charge is 0.480 e. The number of ether oxygens (including phenoxy) is 1. The lowest BCUT2D eigenvalue weighted by Gasteiger charge is -2.26. The molecule has 1 aromatic heterocycles. The van der Waals surface area contributed by atoms with E-state index in [1.807, 2.05) is 4.90 Å². The van der Waals surface area contributed by atoms with Crippen molar-refractivity contribution in [3.05, 3.63) is 22.3 Å². The van der Waals surface area contributed by atoms with Gasteiger partial charge in [-0.15, -0.1) is 0 Å². The van der Waals surface area contributed by atoms with E-state index in [-0.39, 0.29) is 5.91 Å². The van der Waals surface area contributed by atoms with Crippen LogP contribution in [0.5, 0.6) is 5.88 Å². The molecular formula is C12H15BrN2O2. The minimum Gasteiger partial charge on any atom is -0.480 e. The maximum Gasteiger partial charge on any atom is 0.255 e. The van der Waals surface area contributed by atoms with E-state index in [1.165, 1.54) is 6.42 Å². The zero-order valence-electron chi connectivity index (χ0n) is 9.78. The summed E-state index contributed by atoms with van der Waals surface area (Å²) in [5.74, 6) is 0.556. The van der Waals surface area contributed by atoms with E-state index in [1.54, 1.807) is 19.4 Å². The van der Waals surface area contributed by atoms with Gasteiger partial charge in [0.15, 0.2) is 0 Å². The Bertz CT molecular complexity index is 417. The van der Waals surface area contributed by atoms with Crippen LogP contribution < -0.4 is 4.74 Å². The number of nitrogens with zero attached hydrogens (tertiary/aromatic N) is 2. The summed E-state index contributed by atoms with van der Waals surface area (Å²) in [5.41, 5.74) is 0.611. The number of hydrogen-bond donors (Lipinski definition) is 0. The van der Waals surface area contributed by atoms with Crippen molar-refractivity contribution in [2.24, 2.45) is 0 Å². The van der Waals surface area contributed by atoms with Crippen LogP contribution in [0.15, 0.2) is 16.7 Å². The molecule has 1 aromatic rings. The van der Waals surface area contributed by atoms with Crippen LogP contribution in [0.2, 0.25) is 0 Å². The maximum absolute atomic E-state index is 12.2. The van der Waals surface area contributed by atoms with Gasteiger partial charge < -0.3 is 9.64 Å². The van der Waals surface area contributed by atoms with Gasteiger partial charge in [0.05, 0.1) is 17.1 Å². The summed E-state index contributed by atoms with van der Waals surface area (Å²) in [6, 6.07) is 1.77. The van der Waals surface area contributed by atoms with Crippen LogP contribution in [0, 0.1) is 0 Å². The van der Waals surface area contributed by atoms with Gasteiger partial charge in [0, 0.05) is 19.3 Å². The normalized spacial score (nSPS) is 15.8. The second kappa shape index (κ2) is 5.49. The number of piperidine rings is 1. The van der Waals surface area contributed by atoms with Crippen molar-refractivity contribution < 1.29 is 9.53 Å². The Balaban J connectivity index is 2.16. The molecule has 0 radical (unpaired) electrons. The average Bonchev–Trinajstić information content (AvgIpc) is 2.39. The summed E-state index contributed by atoms with van der Waals surface area (Å²) in [4.78, 5) is 18.2. The van der Waals surface area contributed by atoms with Crippen LogP contribution >= 0.6 is 15.9 Å². The van der Waals surface area contributed by atoms with E-state index in [9.17, 15) is 4.79 Å². The Morgan fingerprint density at radius 1 is 1.41 bits per heavy atom. The van der Waals surface area contributed by atoms with Crippen molar-refractivity contribution in [2.45, 2.75) is 19.3 Å². The first kappa shape index (κ1) is 12.4. The maximum atomic E-state index is 12.2. The van der Waals surface area contributed by atoms with Crippen LogP contribution in [0.4, 0.5) is 0 Å². The molecule has 4 nitrogen and oxygen atoms in total. The number of pyridine rings is 1. The molecule has 0 saturated carbocycles. The van der Waals surface area contributed by atoms with E-state index in [4.69, 9.17) is 4.74 Å². The Morgan fingerprint density at radius 2 is 2.12 bits per heavy atom. The van der Waals surface area contributed by atoms with Crippen molar-refractivity contribution in [3.63, 3.8) is 0 Å². The molecule has 0 atom stereocenters. The molecule has 1 amide bonds. The lowest BCUT2D eigenvalue weighted by Crippen LogP contribution is -2.35. The third-order valence-electron chi connectivity index (χ3n) is 2.89. The lowest BCUT2D eigenvalue weighted by atomic mass is 10.1. The van der Waals surface area contributed by atoms with E-state index < -0.39 is 0 Å². The zero-order chi connectivity index (χ0) is 12.3. The molecule has 1 aliphatic heterocycles. The zero-order valence-corrected chi connectivity index (χ0v) is 11.4. The Morgan fingerprint density at radius 3 is 2.71 bits per heavy atom. The summed E-state index contributed by atoms with van der Waals surface area (Å²) in [6.45, 7) is 1.70. The number of rotatable bonds is 2. The lowest BCUT2D eigenvalue weighted by molar-refractivity contribution is 0.0723. The molecule has 0 N–H and O–H groups in total. The Hall–Kier alpha value is -1.10. The Kier molecular flexibility index (Phi) is 3.99. The predicted molar refractivity (Wildman–Crippen MR) is 68.2 cm³/mol. The van der Waals surface area contributed by atoms with Crippen molar-refractivity contribution in [1.29, 1.82) is 0 Å². The molecule has 5 heteroatoms. The van der Waals surface area contributed by atoms with Gasteiger partial charge in [-0.3, -0.25) is 4.79 Å². The fourth-order valence-electron chi connectivity index (χ4n) is 1.97. The summed E-state index contributed by atoms with van der Waals surface area (Å²) in [6.07, 6.45) is 4.97. The summed E-state index contributed by atoms with van der Waals surface area (Å²) >= 11 is 3.34. The van der Waals surface area contributed by atoms with Crippen LogP contribution in [0.25, 0.3) is 0 Å². The minimum absolute atomic E-state index is 0.0561. The molecule has 2 rings (SSSR count). The van der Waals surface area contributed by atoms with Gasteiger partial charge in [-0.1, -0.05) is 0 Å². The van der Waals surface area contributed by atoms with Crippen molar-refractivity contribution >= 4 is 21.8 Å². The van der Waals surface area contributed by atoms with Crippen LogP contribution in [0.3, 0.4) is 0 Å². The number of methoxy groups -OCH3 is 1. The first-order chi connectivity index (χ1) is 8.22. The molecule has 0 unspecified atom stereocenters. The van der Waals surface area contributed by atoms with Crippen LogP contribution in [-0.4, -0.2) is 36.0 Å². The smallest absolute Gasteiger partial charge is 0.255 e. The number of carbonyl (C=O) groups is 1. The summed E-state index contributed by atoms with van der Waals surface area (Å²) < 4.78 is 5.75. The Labute approximate surface area is 109 Å². The molecular weight excluding hydrogens is 284 g/mol. The van der Waals surface area contributed by atoms with Crippen LogP contribution in [-0.2, 0) is 0 Å². The van der Waals surface area contributed by atoms with Gasteiger partial charge in [0.25, 0.3) is 5.91 Å². The third kappa shape index (κ3) is 2.77. The highest BCUT2D eigenvalue weighted by molar-refractivity contribution is 9.10. The van der Waals surface area contributed by atoms with Gasteiger partial charge in [-0.2, -0.15) is 0 Å². The monoisotopic (exact) mass is 298 g/mol.